The van der Waals surface area contributed by atoms with E-state index in [1.54, 1.807) is 11.3 Å². The van der Waals surface area contributed by atoms with Crippen LogP contribution in [-0.4, -0.2) is 14.5 Å². The number of hydrogen-bond acceptors (Lipinski definition) is 1. The van der Waals surface area contributed by atoms with E-state index in [0.717, 1.165) is 0 Å². The molecule has 0 aliphatic carbocycles. The Morgan fingerprint density at radius 3 is 2.80 bits per heavy atom. The maximum atomic E-state index is 3.20. The van der Waals surface area contributed by atoms with Crippen LogP contribution in [0.4, 0.5) is 0 Å². The molecule has 40 valence electrons. The zero-order valence-electron chi connectivity index (χ0n) is 5.97. The first-order valence-electron chi connectivity index (χ1n) is 2.22. The van der Waals surface area contributed by atoms with Crippen LogP contribution in [0.3, 0.4) is 0 Å². The molecule has 0 unspecified atom stereocenters. The van der Waals surface area contributed by atoms with Crippen molar-refractivity contribution in [3.05, 3.63) is 22.5 Å². The summed E-state index contributed by atoms with van der Waals surface area (Å²) < 4.78 is 2.81. The van der Waals surface area contributed by atoms with Crippen LogP contribution in [-0.2, 0) is 0 Å². The summed E-state index contributed by atoms with van der Waals surface area (Å²) in [5, 5.41) is 3.09. The molecule has 0 bridgehead atoms. The first kappa shape index (κ1) is 11.2. The van der Waals surface area contributed by atoms with Gasteiger partial charge in [-0.1, -0.05) is 0 Å². The second kappa shape index (κ2) is 4.92. The van der Waals surface area contributed by atoms with Gasteiger partial charge in [0.15, 0.2) is 0 Å². The van der Waals surface area contributed by atoms with Gasteiger partial charge in [0.1, 0.15) is 0 Å². The first-order valence-corrected chi connectivity index (χ1v) is 4.75. The Morgan fingerprint density at radius 1 is 1.30 bits per heavy atom. The average Bonchev–Trinajstić information content (AvgIpc) is 2.15. The van der Waals surface area contributed by atoms with Gasteiger partial charge in [-0.15, -0.1) is 0 Å². The summed E-state index contributed by atoms with van der Waals surface area (Å²) in [6.07, 6.45) is 0. The van der Waals surface area contributed by atoms with Crippen LogP contribution in [0.5, 0.6) is 0 Å². The summed E-state index contributed by atoms with van der Waals surface area (Å²) in [6.45, 7) is 0. The molecule has 0 saturated carbocycles. The second-order valence-electron chi connectivity index (χ2n) is 1.46. The van der Waals surface area contributed by atoms with Crippen molar-refractivity contribution in [1.82, 2.24) is 0 Å². The van der Waals surface area contributed by atoms with E-state index in [0.29, 0.717) is 14.5 Å². The van der Waals surface area contributed by atoms with Crippen LogP contribution in [0.25, 0.3) is 8.96 Å². The van der Waals surface area contributed by atoms with E-state index in [1.807, 2.05) is 0 Å². The van der Waals surface area contributed by atoms with Crippen molar-refractivity contribution >= 4 is 34.8 Å². The van der Waals surface area contributed by atoms with Crippen LogP contribution in [0, 0.1) is 10.3 Å². The molecule has 0 amide bonds. The van der Waals surface area contributed by atoms with Crippen molar-refractivity contribution in [2.24, 2.45) is 0 Å². The fourth-order valence-corrected chi connectivity index (χ4v) is 3.21. The molecule has 0 N–H and O–H groups in total. The van der Waals surface area contributed by atoms with E-state index in [2.05, 4.69) is 22.5 Å². The van der Waals surface area contributed by atoms with E-state index < -0.39 is 0 Å². The van der Waals surface area contributed by atoms with E-state index >= 15 is 0 Å². The van der Waals surface area contributed by atoms with Gasteiger partial charge in [0, 0.05) is 0 Å². The Balaban J connectivity index is 0.000000405. The predicted octanol–water partition coefficient (Wildman–Crippen LogP) is -4.43. The minimum absolute atomic E-state index is 0. The van der Waals surface area contributed by atoms with Gasteiger partial charge in [-0.3, -0.25) is 0 Å². The zero-order valence-corrected chi connectivity index (χ0v) is 8.50. The van der Waals surface area contributed by atoms with Crippen LogP contribution in [0.15, 0.2) is 12.1 Å². The van der Waals surface area contributed by atoms with Gasteiger partial charge in [-0.25, -0.2) is 0 Å². The quantitative estimate of drug-likeness (QED) is 0.296. The molecule has 0 fully saturated rings. The summed E-state index contributed by atoms with van der Waals surface area (Å²) in [5.41, 5.74) is 0. The van der Waals surface area contributed by atoms with Gasteiger partial charge in [0.25, 0.3) is 0 Å². The van der Waals surface area contributed by atoms with Crippen molar-refractivity contribution in [2.45, 2.75) is 0 Å². The van der Waals surface area contributed by atoms with Gasteiger partial charge < -0.3 is 0 Å². The molecule has 0 atom stereocenters. The Labute approximate surface area is 94.1 Å². The van der Waals surface area contributed by atoms with Crippen LogP contribution < -0.4 is 37.7 Å². The summed E-state index contributed by atoms with van der Waals surface area (Å²) >= 11 is 2.19. The third kappa shape index (κ3) is 2.07. The molecular weight excluding hydrogens is 197 g/mol. The summed E-state index contributed by atoms with van der Waals surface area (Å²) in [6, 6.07) is 4.13. The SMILES string of the molecule is [Li+].[Li+].[c-]1cc2[se][c-]cc2s1. The second-order valence-corrected chi connectivity index (χ2v) is 4.18. The molecule has 2 heterocycles. The minimum atomic E-state index is 0. The van der Waals surface area contributed by atoms with Crippen molar-refractivity contribution in [3.8, 4) is 0 Å². The van der Waals surface area contributed by atoms with Crippen molar-refractivity contribution in [2.75, 3.05) is 0 Å². The predicted molar refractivity (Wildman–Crippen MR) is 36.4 cm³/mol. The van der Waals surface area contributed by atoms with E-state index in [1.165, 1.54) is 8.96 Å². The van der Waals surface area contributed by atoms with Gasteiger partial charge in [0.05, 0.1) is 0 Å². The summed E-state index contributed by atoms with van der Waals surface area (Å²) in [4.78, 5) is 3.20. The number of fused-ring (bicyclic) bond motifs is 1. The summed E-state index contributed by atoms with van der Waals surface area (Å²) in [5.74, 6) is 0. The van der Waals surface area contributed by atoms with Gasteiger partial charge in [-0.2, -0.15) is 0 Å². The molecule has 0 aliphatic rings. The van der Waals surface area contributed by atoms with Crippen LogP contribution >= 0.6 is 11.3 Å². The van der Waals surface area contributed by atoms with E-state index in [9.17, 15) is 0 Å². The molecule has 0 aliphatic heterocycles. The molecule has 2 aromatic rings. The van der Waals surface area contributed by atoms with Gasteiger partial charge in [0.2, 0.25) is 0 Å². The molecular formula is C6H2Li2SSe. The third-order valence-corrected chi connectivity index (χ3v) is 3.71. The molecule has 0 spiro atoms. The Kier molecular flexibility index (Phi) is 5.49. The van der Waals surface area contributed by atoms with Crippen LogP contribution in [0.2, 0.25) is 0 Å². The normalized spacial score (nSPS) is 8.40. The summed E-state index contributed by atoms with van der Waals surface area (Å²) in [7, 11) is 0. The fraction of sp³-hybridized carbons (Fsp3) is 0. The van der Waals surface area contributed by atoms with Crippen molar-refractivity contribution in [1.29, 1.82) is 0 Å². The molecule has 0 nitrogen and oxygen atoms in total. The topological polar surface area (TPSA) is 0 Å². The van der Waals surface area contributed by atoms with E-state index in [-0.39, 0.29) is 37.7 Å². The van der Waals surface area contributed by atoms with Gasteiger partial charge >= 0.3 is 95.0 Å². The molecule has 2 aromatic heterocycles. The Morgan fingerprint density at radius 2 is 2.10 bits per heavy atom. The number of hydrogen-bond donors (Lipinski definition) is 0. The molecule has 2 rings (SSSR count). The fourth-order valence-electron chi connectivity index (χ4n) is 0.595. The maximum absolute atomic E-state index is 3.20. The Bertz CT molecular complexity index is 237. The Hall–Kier alpha value is 1.15. The number of rotatable bonds is 0. The van der Waals surface area contributed by atoms with Crippen LogP contribution in [0.1, 0.15) is 0 Å². The standard InChI is InChI=1S/C6H2SSe.2Li/c1-3-7-5-2-4-8-6(1)5;;/h1-2H;;/q-2;2*+1. The molecule has 4 heteroatoms. The monoisotopic (exact) mass is 200 g/mol. The number of thiophene rings is 1. The molecule has 10 heavy (non-hydrogen) atoms. The van der Waals surface area contributed by atoms with Crippen molar-refractivity contribution < 1.29 is 37.7 Å². The molecule has 0 aromatic carbocycles. The first-order chi connectivity index (χ1) is 3.97. The van der Waals surface area contributed by atoms with E-state index in [4.69, 9.17) is 0 Å². The average molecular weight is 199 g/mol. The molecule has 0 radical (unpaired) electrons. The van der Waals surface area contributed by atoms with Crippen molar-refractivity contribution in [3.63, 3.8) is 0 Å². The third-order valence-electron chi connectivity index (χ3n) is 0.961. The molecule has 0 saturated heterocycles. The van der Waals surface area contributed by atoms with Gasteiger partial charge in [-0.05, 0) is 0 Å². The zero-order chi connectivity index (χ0) is 5.40.